The minimum atomic E-state index is -0.919. The molecule has 0 aliphatic heterocycles. The van der Waals surface area contributed by atoms with Crippen LogP contribution >= 0.6 is 0 Å². The highest BCUT2D eigenvalue weighted by Crippen LogP contribution is 1.97. The lowest BCUT2D eigenvalue weighted by Gasteiger charge is -2.09. The zero-order chi connectivity index (χ0) is 9.56. The predicted molar refractivity (Wildman–Crippen MR) is 38.9 cm³/mol. The maximum Gasteiger partial charge on any atom is 0.382 e. The second-order valence-electron chi connectivity index (χ2n) is 2.05. The molecule has 0 radical (unpaired) electrons. The van der Waals surface area contributed by atoms with Crippen molar-refractivity contribution in [2.24, 2.45) is 0 Å². The summed E-state index contributed by atoms with van der Waals surface area (Å²) >= 11 is 0. The third-order valence-corrected chi connectivity index (χ3v) is 1.09. The van der Waals surface area contributed by atoms with Gasteiger partial charge in [-0.2, -0.15) is 4.89 Å². The lowest BCUT2D eigenvalue weighted by molar-refractivity contribution is -0.262. The van der Waals surface area contributed by atoms with Crippen molar-refractivity contribution in [1.29, 1.82) is 0 Å². The van der Waals surface area contributed by atoms with E-state index in [0.717, 1.165) is 0 Å². The van der Waals surface area contributed by atoms with Gasteiger partial charge in [-0.3, -0.25) is 9.68 Å². The summed E-state index contributed by atoms with van der Waals surface area (Å²) in [5, 5.41) is 0. The molecule has 5 heteroatoms. The van der Waals surface area contributed by atoms with E-state index in [2.05, 4.69) is 14.5 Å². The van der Waals surface area contributed by atoms with Crippen molar-refractivity contribution in [3.63, 3.8) is 0 Å². The van der Waals surface area contributed by atoms with Gasteiger partial charge in [-0.05, 0) is 6.92 Å². The van der Waals surface area contributed by atoms with Gasteiger partial charge in [0.1, 0.15) is 0 Å². The Kier molecular flexibility index (Phi) is 5.03. The van der Waals surface area contributed by atoms with Crippen molar-refractivity contribution in [1.82, 2.24) is 0 Å². The van der Waals surface area contributed by atoms with Crippen molar-refractivity contribution in [2.75, 3.05) is 7.11 Å². The van der Waals surface area contributed by atoms with E-state index in [1.807, 2.05) is 0 Å². The summed E-state index contributed by atoms with van der Waals surface area (Å²) < 4.78 is 4.62. The summed E-state index contributed by atoms with van der Waals surface area (Å²) in [5.74, 6) is -1.17. The Hall–Kier alpha value is -1.10. The van der Waals surface area contributed by atoms with Gasteiger partial charge in [0.25, 0.3) is 0 Å². The van der Waals surface area contributed by atoms with Gasteiger partial charge in [0.2, 0.25) is 0 Å². The molecule has 0 spiro atoms. The molecule has 12 heavy (non-hydrogen) atoms. The van der Waals surface area contributed by atoms with Crippen LogP contribution in [0.25, 0.3) is 0 Å². The molecule has 0 fully saturated rings. The SMILES string of the molecule is CCC(=O)OC(C)C(=O)OOC. The van der Waals surface area contributed by atoms with Crippen LogP contribution < -0.4 is 0 Å². The predicted octanol–water partition coefficient (Wildman–Crippen LogP) is 0.433. The van der Waals surface area contributed by atoms with Crippen molar-refractivity contribution in [3.05, 3.63) is 0 Å². The summed E-state index contributed by atoms with van der Waals surface area (Å²) in [6.07, 6.45) is -0.692. The Morgan fingerprint density at radius 2 is 2.00 bits per heavy atom. The zero-order valence-electron chi connectivity index (χ0n) is 7.33. The Morgan fingerprint density at radius 1 is 1.42 bits per heavy atom. The maximum atomic E-state index is 10.8. The monoisotopic (exact) mass is 176 g/mol. The molecule has 70 valence electrons. The number of carbonyl (C=O) groups is 2. The summed E-state index contributed by atoms with van der Waals surface area (Å²) in [5.41, 5.74) is 0. The summed E-state index contributed by atoms with van der Waals surface area (Å²) in [6, 6.07) is 0. The number of esters is 1. The van der Waals surface area contributed by atoms with E-state index in [0.29, 0.717) is 0 Å². The molecule has 0 N–H and O–H groups in total. The molecule has 1 atom stereocenters. The first-order chi connectivity index (χ1) is 5.61. The molecule has 0 aliphatic rings. The Morgan fingerprint density at radius 3 is 2.42 bits per heavy atom. The number of hydrogen-bond donors (Lipinski definition) is 0. The van der Waals surface area contributed by atoms with E-state index < -0.39 is 18.0 Å². The molecule has 0 rings (SSSR count). The fourth-order valence-corrected chi connectivity index (χ4v) is 0.479. The van der Waals surface area contributed by atoms with E-state index in [1.54, 1.807) is 6.92 Å². The van der Waals surface area contributed by atoms with Crippen molar-refractivity contribution < 1.29 is 24.1 Å². The first-order valence-electron chi connectivity index (χ1n) is 3.55. The van der Waals surface area contributed by atoms with Gasteiger partial charge in [0.05, 0.1) is 7.11 Å². The average Bonchev–Trinajstić information content (AvgIpc) is 2.04. The summed E-state index contributed by atoms with van der Waals surface area (Å²) in [7, 11) is 1.20. The maximum absolute atomic E-state index is 10.8. The molecular formula is C7H12O5. The topological polar surface area (TPSA) is 61.8 Å². The first-order valence-corrected chi connectivity index (χ1v) is 3.55. The molecule has 0 aromatic rings. The Labute approximate surface area is 70.5 Å². The number of hydrogen-bond acceptors (Lipinski definition) is 5. The molecule has 0 saturated heterocycles. The van der Waals surface area contributed by atoms with Gasteiger partial charge in [0.15, 0.2) is 6.10 Å². The number of carbonyl (C=O) groups excluding carboxylic acids is 2. The van der Waals surface area contributed by atoms with Gasteiger partial charge in [-0.15, -0.1) is 0 Å². The molecule has 5 nitrogen and oxygen atoms in total. The van der Waals surface area contributed by atoms with E-state index >= 15 is 0 Å². The molecule has 0 bridgehead atoms. The van der Waals surface area contributed by atoms with Gasteiger partial charge in [-0.25, -0.2) is 4.79 Å². The largest absolute Gasteiger partial charge is 0.450 e. The standard InChI is InChI=1S/C7H12O5/c1-4-6(8)11-5(2)7(9)12-10-3/h5H,4H2,1-3H3. The molecular weight excluding hydrogens is 164 g/mol. The normalized spacial score (nSPS) is 11.9. The van der Waals surface area contributed by atoms with Crippen molar-refractivity contribution >= 4 is 11.9 Å². The molecule has 1 unspecified atom stereocenters. The van der Waals surface area contributed by atoms with E-state index in [4.69, 9.17) is 0 Å². The van der Waals surface area contributed by atoms with Crippen LogP contribution in [-0.2, 0) is 24.1 Å². The van der Waals surface area contributed by atoms with Crippen LogP contribution in [0.4, 0.5) is 0 Å². The highest BCUT2D eigenvalue weighted by Gasteiger charge is 2.18. The first kappa shape index (κ1) is 10.9. The van der Waals surface area contributed by atoms with E-state index in [-0.39, 0.29) is 6.42 Å². The lowest BCUT2D eigenvalue weighted by atomic mass is 10.4. The molecule has 0 heterocycles. The third-order valence-electron chi connectivity index (χ3n) is 1.09. The number of ether oxygens (including phenoxy) is 1. The Balaban J connectivity index is 3.78. The van der Waals surface area contributed by atoms with Crippen LogP contribution in [0.5, 0.6) is 0 Å². The molecule has 0 aliphatic carbocycles. The second-order valence-corrected chi connectivity index (χ2v) is 2.05. The Bertz CT molecular complexity index is 165. The van der Waals surface area contributed by atoms with E-state index in [9.17, 15) is 9.59 Å². The van der Waals surface area contributed by atoms with Gasteiger partial charge in [0, 0.05) is 6.42 Å². The fraction of sp³-hybridized carbons (Fsp3) is 0.714. The third kappa shape index (κ3) is 3.92. The summed E-state index contributed by atoms with van der Waals surface area (Å²) in [4.78, 5) is 29.7. The molecule has 0 amide bonds. The molecule has 0 aromatic heterocycles. The highest BCUT2D eigenvalue weighted by molar-refractivity contribution is 5.78. The average molecular weight is 176 g/mol. The van der Waals surface area contributed by atoms with Gasteiger partial charge >= 0.3 is 11.9 Å². The zero-order valence-corrected chi connectivity index (χ0v) is 7.33. The van der Waals surface area contributed by atoms with Crippen LogP contribution in [-0.4, -0.2) is 25.2 Å². The van der Waals surface area contributed by atoms with Crippen LogP contribution in [0.15, 0.2) is 0 Å². The minimum absolute atomic E-state index is 0.227. The fourth-order valence-electron chi connectivity index (χ4n) is 0.479. The van der Waals surface area contributed by atoms with E-state index in [1.165, 1.54) is 14.0 Å². The lowest BCUT2D eigenvalue weighted by Crippen LogP contribution is -2.25. The quantitative estimate of drug-likeness (QED) is 0.353. The highest BCUT2D eigenvalue weighted by atomic mass is 17.2. The van der Waals surface area contributed by atoms with Crippen LogP contribution in [0, 0.1) is 0 Å². The van der Waals surface area contributed by atoms with Crippen LogP contribution in [0.1, 0.15) is 20.3 Å². The van der Waals surface area contributed by atoms with Gasteiger partial charge in [-0.1, -0.05) is 6.92 Å². The molecule has 0 aromatic carbocycles. The van der Waals surface area contributed by atoms with Crippen molar-refractivity contribution in [3.8, 4) is 0 Å². The number of rotatable bonds is 4. The minimum Gasteiger partial charge on any atom is -0.450 e. The summed E-state index contributed by atoms with van der Waals surface area (Å²) in [6.45, 7) is 3.05. The van der Waals surface area contributed by atoms with Crippen LogP contribution in [0.2, 0.25) is 0 Å². The second kappa shape index (κ2) is 5.54. The van der Waals surface area contributed by atoms with Crippen LogP contribution in [0.3, 0.4) is 0 Å². The molecule has 0 saturated carbocycles. The smallest absolute Gasteiger partial charge is 0.382 e. The van der Waals surface area contributed by atoms with Crippen molar-refractivity contribution in [2.45, 2.75) is 26.4 Å². The van der Waals surface area contributed by atoms with Gasteiger partial charge < -0.3 is 4.74 Å².